The van der Waals surface area contributed by atoms with Gasteiger partial charge in [-0.05, 0) is 59.7 Å². The molecule has 3 rings (SSSR count). The summed E-state index contributed by atoms with van der Waals surface area (Å²) in [5.74, 6) is -0.614. The molecule has 0 aromatic heterocycles. The first kappa shape index (κ1) is 27.4. The number of carbonyl (C=O) groups is 2. The zero-order chi connectivity index (χ0) is 25.8. The van der Waals surface area contributed by atoms with Crippen molar-refractivity contribution in [2.24, 2.45) is 0 Å². The third-order valence-corrected chi connectivity index (χ3v) is 5.25. The molecule has 35 heavy (non-hydrogen) atoms. The molecular formula is C27H30O8. The third-order valence-electron chi connectivity index (χ3n) is 5.25. The van der Waals surface area contributed by atoms with Crippen LogP contribution in [0.3, 0.4) is 0 Å². The van der Waals surface area contributed by atoms with Crippen molar-refractivity contribution in [2.45, 2.75) is 19.3 Å². The fourth-order valence-corrected chi connectivity index (χ4v) is 3.18. The van der Waals surface area contributed by atoms with E-state index in [9.17, 15) is 9.59 Å². The molecule has 8 heteroatoms. The van der Waals surface area contributed by atoms with Crippen molar-refractivity contribution in [2.75, 3.05) is 26.4 Å². The smallest absolute Gasteiger partial charge is 0.335 e. The average molecular weight is 483 g/mol. The van der Waals surface area contributed by atoms with Crippen LogP contribution in [0.2, 0.25) is 0 Å². The highest BCUT2D eigenvalue weighted by molar-refractivity contribution is 5.91. The first-order valence-electron chi connectivity index (χ1n) is 10.9. The molecule has 0 spiro atoms. The van der Waals surface area contributed by atoms with E-state index in [1.807, 2.05) is 48.5 Å². The molecule has 0 heterocycles. The van der Waals surface area contributed by atoms with Gasteiger partial charge in [0.2, 0.25) is 0 Å². The SMILES string of the molecule is CC(C)(c1ccc(OCCO)cc1)c1ccc(OCCO)cc1.O=C(O)c1ccc(C(=O)O)cc1. The summed E-state index contributed by atoms with van der Waals surface area (Å²) in [5.41, 5.74) is 2.38. The van der Waals surface area contributed by atoms with E-state index >= 15 is 0 Å². The number of hydrogen-bond donors (Lipinski definition) is 4. The second-order valence-electron chi connectivity index (χ2n) is 8.01. The molecule has 8 nitrogen and oxygen atoms in total. The molecule has 0 amide bonds. The van der Waals surface area contributed by atoms with Crippen LogP contribution in [0.15, 0.2) is 72.8 Å². The molecule has 0 saturated carbocycles. The molecule has 0 bridgehead atoms. The number of ether oxygens (including phenoxy) is 2. The van der Waals surface area contributed by atoms with Gasteiger partial charge in [-0.15, -0.1) is 0 Å². The minimum absolute atomic E-state index is 0.0119. The number of carboxylic acid groups (broad SMARTS) is 2. The molecule has 0 atom stereocenters. The largest absolute Gasteiger partial charge is 0.491 e. The minimum atomic E-state index is -1.06. The van der Waals surface area contributed by atoms with Crippen LogP contribution in [0.5, 0.6) is 11.5 Å². The summed E-state index contributed by atoms with van der Waals surface area (Å²) in [6.45, 7) is 4.96. The van der Waals surface area contributed by atoms with Crippen molar-refractivity contribution in [3.05, 3.63) is 95.1 Å². The fraction of sp³-hybridized carbons (Fsp3) is 0.259. The number of aliphatic hydroxyl groups excluding tert-OH is 2. The monoisotopic (exact) mass is 482 g/mol. The second-order valence-corrected chi connectivity index (χ2v) is 8.01. The van der Waals surface area contributed by atoms with Crippen molar-refractivity contribution < 1.29 is 39.5 Å². The Morgan fingerprint density at radius 3 is 1.20 bits per heavy atom. The van der Waals surface area contributed by atoms with E-state index in [4.69, 9.17) is 29.9 Å². The Labute approximate surface area is 204 Å². The van der Waals surface area contributed by atoms with Gasteiger partial charge in [-0.25, -0.2) is 9.59 Å². The predicted molar refractivity (Wildman–Crippen MR) is 131 cm³/mol. The maximum atomic E-state index is 10.3. The van der Waals surface area contributed by atoms with Crippen LogP contribution >= 0.6 is 0 Å². The number of rotatable bonds is 10. The first-order chi connectivity index (χ1) is 16.7. The minimum Gasteiger partial charge on any atom is -0.491 e. The predicted octanol–water partition coefficient (Wildman–Crippen LogP) is 3.84. The number of hydrogen-bond acceptors (Lipinski definition) is 6. The lowest BCUT2D eigenvalue weighted by atomic mass is 9.78. The number of benzene rings is 3. The zero-order valence-electron chi connectivity index (χ0n) is 19.7. The summed E-state index contributed by atoms with van der Waals surface area (Å²) < 4.78 is 10.8. The Morgan fingerprint density at radius 2 is 0.943 bits per heavy atom. The standard InChI is InChI=1S/C19H24O4.C8H6O4/c1-19(2,15-3-7-17(8-4-15)22-13-11-20)16-5-9-18(10-6-16)23-14-12-21;9-7(10)5-1-2-6(4-3-5)8(11)12/h3-10,20-21H,11-14H2,1-2H3;1-4H,(H,9,10)(H,11,12). The van der Waals surface area contributed by atoms with Gasteiger partial charge in [0.25, 0.3) is 0 Å². The average Bonchev–Trinajstić information content (AvgIpc) is 2.87. The summed E-state index contributed by atoms with van der Waals surface area (Å²) in [6.07, 6.45) is 0. The highest BCUT2D eigenvalue weighted by Crippen LogP contribution is 2.33. The topological polar surface area (TPSA) is 134 Å². The van der Waals surface area contributed by atoms with Crippen LogP contribution in [-0.4, -0.2) is 58.8 Å². The van der Waals surface area contributed by atoms with Gasteiger partial charge in [-0.1, -0.05) is 38.1 Å². The van der Waals surface area contributed by atoms with Crippen LogP contribution in [0, 0.1) is 0 Å². The van der Waals surface area contributed by atoms with E-state index in [1.54, 1.807) is 0 Å². The lowest BCUT2D eigenvalue weighted by Gasteiger charge is -2.26. The molecule has 4 N–H and O–H groups in total. The van der Waals surface area contributed by atoms with Gasteiger partial charge >= 0.3 is 11.9 Å². The van der Waals surface area contributed by atoms with E-state index in [0.29, 0.717) is 13.2 Å². The third kappa shape index (κ3) is 8.13. The van der Waals surface area contributed by atoms with Crippen molar-refractivity contribution in [1.29, 1.82) is 0 Å². The van der Waals surface area contributed by atoms with E-state index in [-0.39, 0.29) is 29.8 Å². The van der Waals surface area contributed by atoms with Gasteiger partial charge in [0, 0.05) is 5.41 Å². The van der Waals surface area contributed by atoms with Crippen LogP contribution in [-0.2, 0) is 5.41 Å². The second kappa shape index (κ2) is 13.1. The lowest BCUT2D eigenvalue weighted by Crippen LogP contribution is -2.18. The molecule has 0 unspecified atom stereocenters. The molecule has 0 aliphatic carbocycles. The Bertz CT molecular complexity index is 985. The van der Waals surface area contributed by atoms with Crippen LogP contribution in [0.25, 0.3) is 0 Å². The molecular weight excluding hydrogens is 452 g/mol. The number of carboxylic acids is 2. The Morgan fingerprint density at radius 1 is 0.629 bits per heavy atom. The van der Waals surface area contributed by atoms with Gasteiger partial charge in [-0.3, -0.25) is 0 Å². The molecule has 0 aliphatic heterocycles. The summed E-state index contributed by atoms with van der Waals surface area (Å²) >= 11 is 0. The number of aromatic carboxylic acids is 2. The van der Waals surface area contributed by atoms with Crippen molar-refractivity contribution in [3.63, 3.8) is 0 Å². The molecule has 3 aromatic rings. The Kier molecular flexibility index (Phi) is 10.3. The van der Waals surface area contributed by atoms with Crippen LogP contribution in [0.1, 0.15) is 45.7 Å². The van der Waals surface area contributed by atoms with Crippen molar-refractivity contribution in [1.82, 2.24) is 0 Å². The van der Waals surface area contributed by atoms with E-state index in [1.165, 1.54) is 35.4 Å². The molecule has 0 aliphatic rings. The molecule has 186 valence electrons. The summed E-state index contributed by atoms with van der Waals surface area (Å²) in [7, 11) is 0. The van der Waals surface area contributed by atoms with Gasteiger partial charge in [0.05, 0.1) is 24.3 Å². The normalized spacial score (nSPS) is 10.6. The zero-order valence-corrected chi connectivity index (χ0v) is 19.7. The molecule has 3 aromatic carbocycles. The van der Waals surface area contributed by atoms with Gasteiger partial charge < -0.3 is 29.9 Å². The Hall–Kier alpha value is -3.88. The maximum absolute atomic E-state index is 10.3. The first-order valence-corrected chi connectivity index (χ1v) is 10.9. The highest BCUT2D eigenvalue weighted by Gasteiger charge is 2.23. The quantitative estimate of drug-likeness (QED) is 0.343. The van der Waals surface area contributed by atoms with E-state index in [2.05, 4.69) is 13.8 Å². The van der Waals surface area contributed by atoms with E-state index < -0.39 is 11.9 Å². The van der Waals surface area contributed by atoms with Gasteiger partial charge in [0.15, 0.2) is 0 Å². The van der Waals surface area contributed by atoms with E-state index in [0.717, 1.165) is 11.5 Å². The lowest BCUT2D eigenvalue weighted by molar-refractivity contribution is 0.0681. The molecule has 0 fully saturated rings. The molecule has 0 radical (unpaired) electrons. The highest BCUT2D eigenvalue weighted by atomic mass is 16.5. The van der Waals surface area contributed by atoms with Gasteiger partial charge in [0.1, 0.15) is 24.7 Å². The van der Waals surface area contributed by atoms with Crippen LogP contribution in [0.4, 0.5) is 0 Å². The summed E-state index contributed by atoms with van der Waals surface area (Å²) in [5, 5.41) is 34.5. The van der Waals surface area contributed by atoms with Crippen LogP contribution < -0.4 is 9.47 Å². The fourth-order valence-electron chi connectivity index (χ4n) is 3.18. The van der Waals surface area contributed by atoms with Crippen molar-refractivity contribution >= 4 is 11.9 Å². The summed E-state index contributed by atoms with van der Waals surface area (Å²) in [6, 6.07) is 20.9. The van der Waals surface area contributed by atoms with Gasteiger partial charge in [-0.2, -0.15) is 0 Å². The summed E-state index contributed by atoms with van der Waals surface area (Å²) in [4.78, 5) is 20.7. The Balaban J connectivity index is 0.000000303. The maximum Gasteiger partial charge on any atom is 0.335 e. The number of aliphatic hydroxyl groups is 2. The molecule has 0 saturated heterocycles. The van der Waals surface area contributed by atoms with Crippen molar-refractivity contribution in [3.8, 4) is 11.5 Å².